The molecule has 1 aliphatic rings. The molecule has 3 rings (SSSR count). The van der Waals surface area contributed by atoms with Gasteiger partial charge < -0.3 is 9.84 Å². The van der Waals surface area contributed by atoms with Crippen molar-refractivity contribution in [2.75, 3.05) is 0 Å². The summed E-state index contributed by atoms with van der Waals surface area (Å²) in [7, 11) is 0. The first-order valence-electron chi connectivity index (χ1n) is 6.28. The van der Waals surface area contributed by atoms with Crippen molar-refractivity contribution in [1.29, 1.82) is 0 Å². The fourth-order valence-corrected chi connectivity index (χ4v) is 2.33. The summed E-state index contributed by atoms with van der Waals surface area (Å²) in [6, 6.07) is 14.7. The van der Waals surface area contributed by atoms with Crippen LogP contribution in [0.5, 0.6) is 5.75 Å². The lowest BCUT2D eigenvalue weighted by atomic mass is 9.95. The maximum atomic E-state index is 12.0. The molecule has 20 heavy (non-hydrogen) atoms. The Balaban J connectivity index is 2.14. The zero-order chi connectivity index (χ0) is 14.1. The highest BCUT2D eigenvalue weighted by molar-refractivity contribution is 6.04. The van der Waals surface area contributed by atoms with E-state index in [1.165, 1.54) is 0 Å². The number of rotatable bonds is 2. The lowest BCUT2D eigenvalue weighted by Gasteiger charge is -2.24. The van der Waals surface area contributed by atoms with E-state index in [2.05, 4.69) is 0 Å². The summed E-state index contributed by atoms with van der Waals surface area (Å²) in [5.41, 5.74) is 2.08. The van der Waals surface area contributed by atoms with Crippen LogP contribution in [0.15, 0.2) is 48.5 Å². The molecule has 0 radical (unpaired) electrons. The predicted molar refractivity (Wildman–Crippen MR) is 72.9 cm³/mol. The zero-order valence-electron chi connectivity index (χ0n) is 10.6. The number of carboxylic acid groups (broad SMARTS) is 1. The van der Waals surface area contributed by atoms with Crippen LogP contribution >= 0.6 is 0 Å². The van der Waals surface area contributed by atoms with Crippen molar-refractivity contribution in [3.63, 3.8) is 0 Å². The van der Waals surface area contributed by atoms with Crippen molar-refractivity contribution in [2.24, 2.45) is 0 Å². The van der Waals surface area contributed by atoms with Crippen LogP contribution in [0.3, 0.4) is 0 Å². The van der Waals surface area contributed by atoms with Crippen molar-refractivity contribution in [3.8, 4) is 16.9 Å². The average molecular weight is 268 g/mol. The van der Waals surface area contributed by atoms with E-state index in [0.29, 0.717) is 11.3 Å². The second-order valence-electron chi connectivity index (χ2n) is 4.62. The SMILES string of the molecule is O=C1CC(C(=O)O)Oc2c1cccc2-c1ccccc1. The Morgan fingerprint density at radius 3 is 2.45 bits per heavy atom. The molecule has 1 aliphatic heterocycles. The molecule has 2 aromatic carbocycles. The van der Waals surface area contributed by atoms with Gasteiger partial charge in [-0.3, -0.25) is 4.79 Å². The Kier molecular flexibility index (Phi) is 2.99. The summed E-state index contributed by atoms with van der Waals surface area (Å²) < 4.78 is 5.53. The monoisotopic (exact) mass is 268 g/mol. The van der Waals surface area contributed by atoms with Crippen molar-refractivity contribution >= 4 is 11.8 Å². The highest BCUT2D eigenvalue weighted by atomic mass is 16.5. The van der Waals surface area contributed by atoms with Crippen LogP contribution in [0.1, 0.15) is 16.8 Å². The first-order chi connectivity index (χ1) is 9.66. The van der Waals surface area contributed by atoms with Crippen LogP contribution < -0.4 is 4.74 Å². The van der Waals surface area contributed by atoms with Gasteiger partial charge in [0, 0.05) is 5.56 Å². The molecule has 1 atom stereocenters. The molecule has 0 aromatic heterocycles. The fraction of sp³-hybridized carbons (Fsp3) is 0.125. The minimum absolute atomic E-state index is 0.124. The van der Waals surface area contributed by atoms with Gasteiger partial charge in [-0.15, -0.1) is 0 Å². The highest BCUT2D eigenvalue weighted by Crippen LogP contribution is 2.37. The third-order valence-electron chi connectivity index (χ3n) is 3.31. The van der Waals surface area contributed by atoms with Crippen LogP contribution in [0.2, 0.25) is 0 Å². The van der Waals surface area contributed by atoms with E-state index in [9.17, 15) is 9.59 Å². The Bertz CT molecular complexity index is 676. The third kappa shape index (κ3) is 2.05. The van der Waals surface area contributed by atoms with Gasteiger partial charge in [0.25, 0.3) is 0 Å². The lowest BCUT2D eigenvalue weighted by molar-refractivity contribution is -0.145. The zero-order valence-corrected chi connectivity index (χ0v) is 10.6. The number of ether oxygens (including phenoxy) is 1. The molecule has 0 spiro atoms. The van der Waals surface area contributed by atoms with Crippen molar-refractivity contribution in [1.82, 2.24) is 0 Å². The molecule has 100 valence electrons. The Morgan fingerprint density at radius 1 is 1.05 bits per heavy atom. The Hall–Kier alpha value is -2.62. The van der Waals surface area contributed by atoms with Crippen LogP contribution in [0.4, 0.5) is 0 Å². The van der Waals surface area contributed by atoms with Gasteiger partial charge in [-0.05, 0) is 11.6 Å². The van der Waals surface area contributed by atoms with Crippen molar-refractivity contribution < 1.29 is 19.4 Å². The number of carbonyl (C=O) groups excluding carboxylic acids is 1. The number of hydrogen-bond donors (Lipinski definition) is 1. The van der Waals surface area contributed by atoms with Crippen LogP contribution in [-0.4, -0.2) is 23.0 Å². The molecule has 0 saturated carbocycles. The minimum atomic E-state index is -1.12. The number of Topliss-reactive ketones (excluding diaryl/α,β-unsaturated/α-hetero) is 1. The van der Waals surface area contributed by atoms with Gasteiger partial charge in [0.05, 0.1) is 12.0 Å². The van der Waals surface area contributed by atoms with Gasteiger partial charge in [-0.25, -0.2) is 4.79 Å². The molecule has 2 aromatic rings. The number of carboxylic acids is 1. The molecular formula is C16H12O4. The summed E-state index contributed by atoms with van der Waals surface area (Å²) in [5.74, 6) is -0.953. The summed E-state index contributed by atoms with van der Waals surface area (Å²) in [5, 5.41) is 9.07. The second kappa shape index (κ2) is 4.81. The lowest BCUT2D eigenvalue weighted by Crippen LogP contribution is -2.34. The number of ketones is 1. The van der Waals surface area contributed by atoms with Gasteiger partial charge in [0.15, 0.2) is 5.78 Å². The minimum Gasteiger partial charge on any atom is -0.478 e. The first kappa shape index (κ1) is 12.4. The quantitative estimate of drug-likeness (QED) is 0.909. The van der Waals surface area contributed by atoms with E-state index in [0.717, 1.165) is 11.1 Å². The summed E-state index contributed by atoms with van der Waals surface area (Å²) >= 11 is 0. The van der Waals surface area contributed by atoms with Crippen LogP contribution in [-0.2, 0) is 4.79 Å². The molecule has 4 nitrogen and oxygen atoms in total. The van der Waals surface area contributed by atoms with Gasteiger partial charge in [0.1, 0.15) is 5.75 Å². The topological polar surface area (TPSA) is 63.6 Å². The predicted octanol–water partition coefficient (Wildman–Crippen LogP) is 2.77. The van der Waals surface area contributed by atoms with E-state index < -0.39 is 12.1 Å². The standard InChI is InChI=1S/C16H12O4/c17-13-9-14(16(18)19)20-15-11(7-4-8-12(13)15)10-5-2-1-3-6-10/h1-8,14H,9H2,(H,18,19). The molecule has 0 amide bonds. The molecule has 0 aliphatic carbocycles. The van der Waals surface area contributed by atoms with E-state index in [4.69, 9.17) is 9.84 Å². The molecule has 0 saturated heterocycles. The van der Waals surface area contributed by atoms with Crippen molar-refractivity contribution in [2.45, 2.75) is 12.5 Å². The van der Waals surface area contributed by atoms with Gasteiger partial charge in [-0.2, -0.15) is 0 Å². The number of carbonyl (C=O) groups is 2. The second-order valence-corrected chi connectivity index (χ2v) is 4.62. The average Bonchev–Trinajstić information content (AvgIpc) is 2.47. The van der Waals surface area contributed by atoms with E-state index in [1.807, 2.05) is 36.4 Å². The summed E-state index contributed by atoms with van der Waals surface area (Å²) in [6.45, 7) is 0. The molecule has 0 bridgehead atoms. The fourth-order valence-electron chi connectivity index (χ4n) is 2.33. The molecule has 1 heterocycles. The highest BCUT2D eigenvalue weighted by Gasteiger charge is 2.32. The largest absolute Gasteiger partial charge is 0.478 e. The van der Waals surface area contributed by atoms with E-state index >= 15 is 0 Å². The number of fused-ring (bicyclic) bond motifs is 1. The van der Waals surface area contributed by atoms with Crippen LogP contribution in [0, 0.1) is 0 Å². The number of benzene rings is 2. The Morgan fingerprint density at radius 2 is 1.75 bits per heavy atom. The Labute approximate surface area is 115 Å². The van der Waals surface area contributed by atoms with E-state index in [-0.39, 0.29) is 12.2 Å². The summed E-state index contributed by atoms with van der Waals surface area (Å²) in [4.78, 5) is 23.1. The van der Waals surface area contributed by atoms with Crippen LogP contribution in [0.25, 0.3) is 11.1 Å². The molecule has 1 N–H and O–H groups in total. The molecular weight excluding hydrogens is 256 g/mol. The summed E-state index contributed by atoms with van der Waals surface area (Å²) in [6.07, 6.45) is -1.24. The van der Waals surface area contributed by atoms with Gasteiger partial charge in [-0.1, -0.05) is 42.5 Å². The van der Waals surface area contributed by atoms with Crippen molar-refractivity contribution in [3.05, 3.63) is 54.1 Å². The normalized spacial score (nSPS) is 17.2. The number of para-hydroxylation sites is 1. The third-order valence-corrected chi connectivity index (χ3v) is 3.31. The smallest absolute Gasteiger partial charge is 0.345 e. The van der Waals surface area contributed by atoms with Gasteiger partial charge >= 0.3 is 5.97 Å². The maximum Gasteiger partial charge on any atom is 0.345 e. The molecule has 1 unspecified atom stereocenters. The first-order valence-corrected chi connectivity index (χ1v) is 6.28. The number of hydrogen-bond acceptors (Lipinski definition) is 3. The molecule has 0 fully saturated rings. The number of aliphatic carboxylic acids is 1. The maximum absolute atomic E-state index is 12.0. The van der Waals surface area contributed by atoms with Gasteiger partial charge in [0.2, 0.25) is 6.10 Å². The van der Waals surface area contributed by atoms with E-state index in [1.54, 1.807) is 12.1 Å². The molecule has 4 heteroatoms.